The highest BCUT2D eigenvalue weighted by Gasteiger charge is 2.21. The van der Waals surface area contributed by atoms with Crippen molar-refractivity contribution in [3.63, 3.8) is 0 Å². The molecule has 8 heteroatoms. The van der Waals surface area contributed by atoms with Gasteiger partial charge < -0.3 is 20.4 Å². The molecule has 31 heavy (non-hydrogen) atoms. The summed E-state index contributed by atoms with van der Waals surface area (Å²) in [5.74, 6) is 0.434. The Morgan fingerprint density at radius 1 is 1.23 bits per heavy atom. The Bertz CT molecular complexity index is 1190. The smallest absolute Gasteiger partial charge is 0.212 e. The number of nitrogens with zero attached hydrogens (tertiary/aromatic N) is 3. The maximum atomic E-state index is 14.4. The molecule has 1 aliphatic heterocycles. The molecule has 0 saturated carbocycles. The number of nitrogens with one attached hydrogen (secondary N) is 1. The second-order valence-corrected chi connectivity index (χ2v) is 7.49. The number of anilines is 1. The zero-order valence-electron chi connectivity index (χ0n) is 17.1. The van der Waals surface area contributed by atoms with Gasteiger partial charge in [0.15, 0.2) is 5.43 Å². The minimum Gasteiger partial charge on any atom is -0.481 e. The second-order valence-electron chi connectivity index (χ2n) is 7.49. The van der Waals surface area contributed by atoms with Crippen molar-refractivity contribution in [3.05, 3.63) is 64.2 Å². The number of benzene rings is 1. The lowest BCUT2D eigenvalue weighted by Crippen LogP contribution is -2.40. The third kappa shape index (κ3) is 4.13. The average Bonchev–Trinajstić information content (AvgIpc) is 2.79. The molecule has 3 aromatic rings. The van der Waals surface area contributed by atoms with E-state index < -0.39 is 5.82 Å². The van der Waals surface area contributed by atoms with E-state index >= 15 is 0 Å². The molecule has 2 aromatic heterocycles. The summed E-state index contributed by atoms with van der Waals surface area (Å²) in [6, 6.07) is 11.2. The van der Waals surface area contributed by atoms with Gasteiger partial charge in [0.05, 0.1) is 23.9 Å². The van der Waals surface area contributed by atoms with Crippen LogP contribution in [0.3, 0.4) is 0 Å². The fraction of sp³-hybridized carbons (Fsp3) is 0.261. The molecule has 0 radical (unpaired) electrons. The van der Waals surface area contributed by atoms with Gasteiger partial charge in [-0.05, 0) is 31.0 Å². The van der Waals surface area contributed by atoms with Crippen LogP contribution in [0.15, 0.2) is 47.4 Å². The number of methoxy groups -OCH3 is 1. The Hall–Kier alpha value is -3.70. The average molecular weight is 419 g/mol. The molecule has 1 aromatic carbocycles. The first kappa shape index (κ1) is 20.6. The van der Waals surface area contributed by atoms with E-state index in [2.05, 4.69) is 14.9 Å². The number of ether oxygens (including phenoxy) is 1. The molecule has 158 valence electrons. The molecule has 0 aliphatic carbocycles. The van der Waals surface area contributed by atoms with Crippen LogP contribution in [0.4, 0.5) is 10.2 Å². The lowest BCUT2D eigenvalue weighted by atomic mass is 9.98. The summed E-state index contributed by atoms with van der Waals surface area (Å²) in [6.07, 6.45) is 3.20. The van der Waals surface area contributed by atoms with Crippen molar-refractivity contribution in [1.29, 1.82) is 5.26 Å². The zero-order valence-corrected chi connectivity index (χ0v) is 17.1. The summed E-state index contributed by atoms with van der Waals surface area (Å²) in [6.45, 7) is 1.45. The molecule has 0 unspecified atom stereocenters. The summed E-state index contributed by atoms with van der Waals surface area (Å²) in [4.78, 5) is 22.8. The van der Waals surface area contributed by atoms with E-state index in [-0.39, 0.29) is 17.0 Å². The molecule has 0 bridgehead atoms. The Balaban J connectivity index is 1.88. The van der Waals surface area contributed by atoms with E-state index in [1.165, 1.54) is 19.2 Å². The van der Waals surface area contributed by atoms with Crippen LogP contribution in [-0.2, 0) is 0 Å². The fourth-order valence-corrected chi connectivity index (χ4v) is 3.77. The molecule has 3 heterocycles. The van der Waals surface area contributed by atoms with E-state index in [4.69, 9.17) is 15.7 Å². The largest absolute Gasteiger partial charge is 0.481 e. The molecule has 0 atom stereocenters. The van der Waals surface area contributed by atoms with Gasteiger partial charge in [0.1, 0.15) is 17.7 Å². The molecule has 0 amide bonds. The molecular formula is C23H22FN5O2. The number of rotatable bonds is 4. The van der Waals surface area contributed by atoms with Gasteiger partial charge in [0.25, 0.3) is 0 Å². The summed E-state index contributed by atoms with van der Waals surface area (Å²) in [5, 5.41) is 9.06. The molecule has 7 nitrogen and oxygen atoms in total. The summed E-state index contributed by atoms with van der Waals surface area (Å²) in [7, 11) is 1.51. The Labute approximate surface area is 178 Å². The van der Waals surface area contributed by atoms with Crippen LogP contribution in [0.2, 0.25) is 0 Å². The first-order valence-corrected chi connectivity index (χ1v) is 9.98. The number of halogens is 1. The number of H-pyrrole nitrogens is 1. The van der Waals surface area contributed by atoms with Gasteiger partial charge in [-0.1, -0.05) is 6.07 Å². The van der Waals surface area contributed by atoms with Gasteiger partial charge in [0, 0.05) is 48.6 Å². The standard InChI is InChI=1S/C23H22FN5O2/c1-31-21-5-4-16(13-27-21)22-19(30)11-20(29-8-6-17(26)7-9-29)28-23(22)14-2-3-15(12-25)18(24)10-14/h2-5,10-11,13,17H,6-9,26H2,1H3,(H,28,30). The number of nitriles is 1. The van der Waals surface area contributed by atoms with E-state index in [0.717, 1.165) is 25.9 Å². The van der Waals surface area contributed by atoms with Crippen LogP contribution in [0, 0.1) is 17.1 Å². The lowest BCUT2D eigenvalue weighted by molar-refractivity contribution is 0.398. The van der Waals surface area contributed by atoms with Crippen molar-refractivity contribution in [1.82, 2.24) is 9.97 Å². The zero-order chi connectivity index (χ0) is 22.0. The number of aromatic amines is 1. The van der Waals surface area contributed by atoms with E-state index in [1.807, 2.05) is 6.07 Å². The van der Waals surface area contributed by atoms with Gasteiger partial charge in [0.2, 0.25) is 5.88 Å². The number of aromatic nitrogens is 2. The fourth-order valence-electron chi connectivity index (χ4n) is 3.77. The van der Waals surface area contributed by atoms with Crippen LogP contribution in [0.25, 0.3) is 22.4 Å². The van der Waals surface area contributed by atoms with Crippen LogP contribution in [-0.4, -0.2) is 36.2 Å². The minimum atomic E-state index is -0.644. The van der Waals surface area contributed by atoms with Gasteiger partial charge in [-0.3, -0.25) is 4.79 Å². The quantitative estimate of drug-likeness (QED) is 0.673. The summed E-state index contributed by atoms with van der Waals surface area (Å²) in [5.41, 5.74) is 7.62. The van der Waals surface area contributed by atoms with E-state index in [9.17, 15) is 9.18 Å². The van der Waals surface area contributed by atoms with Crippen molar-refractivity contribution in [2.45, 2.75) is 18.9 Å². The molecule has 0 spiro atoms. The number of hydrogen-bond donors (Lipinski definition) is 2. The van der Waals surface area contributed by atoms with Crippen molar-refractivity contribution >= 4 is 5.82 Å². The van der Waals surface area contributed by atoms with Crippen LogP contribution in [0.1, 0.15) is 18.4 Å². The summed E-state index contributed by atoms with van der Waals surface area (Å²) < 4.78 is 19.5. The van der Waals surface area contributed by atoms with Crippen LogP contribution in [0.5, 0.6) is 5.88 Å². The highest BCUT2D eigenvalue weighted by molar-refractivity contribution is 5.82. The second kappa shape index (κ2) is 8.58. The molecule has 4 rings (SSSR count). The van der Waals surface area contributed by atoms with Crippen LogP contribution < -0.4 is 20.8 Å². The lowest BCUT2D eigenvalue weighted by Gasteiger charge is -2.32. The Morgan fingerprint density at radius 2 is 1.97 bits per heavy atom. The SMILES string of the molecule is COc1ccc(-c2c(-c3ccc(C#N)c(F)c3)[nH]c(N3CCC(N)CC3)cc2=O)cn1. The molecular weight excluding hydrogens is 397 g/mol. The molecule has 1 saturated heterocycles. The van der Waals surface area contributed by atoms with Gasteiger partial charge in [-0.15, -0.1) is 0 Å². The number of pyridine rings is 2. The first-order valence-electron chi connectivity index (χ1n) is 9.98. The topological polar surface area (TPSA) is 108 Å². The minimum absolute atomic E-state index is 0.0556. The highest BCUT2D eigenvalue weighted by Crippen LogP contribution is 2.31. The van der Waals surface area contributed by atoms with Crippen molar-refractivity contribution < 1.29 is 9.13 Å². The molecule has 1 fully saturated rings. The van der Waals surface area contributed by atoms with Crippen molar-refractivity contribution in [3.8, 4) is 34.3 Å². The third-order valence-electron chi connectivity index (χ3n) is 5.51. The van der Waals surface area contributed by atoms with E-state index in [0.29, 0.717) is 34.1 Å². The Morgan fingerprint density at radius 3 is 2.58 bits per heavy atom. The van der Waals surface area contributed by atoms with Gasteiger partial charge in [-0.25, -0.2) is 9.37 Å². The normalized spacial score (nSPS) is 14.3. The number of hydrogen-bond acceptors (Lipinski definition) is 6. The third-order valence-corrected chi connectivity index (χ3v) is 5.51. The monoisotopic (exact) mass is 419 g/mol. The number of piperidine rings is 1. The van der Waals surface area contributed by atoms with Gasteiger partial charge >= 0.3 is 0 Å². The van der Waals surface area contributed by atoms with Crippen molar-refractivity contribution in [2.24, 2.45) is 5.73 Å². The maximum absolute atomic E-state index is 14.4. The first-order chi connectivity index (χ1) is 15.0. The van der Waals surface area contributed by atoms with E-state index in [1.54, 1.807) is 30.5 Å². The Kier molecular flexibility index (Phi) is 5.69. The van der Waals surface area contributed by atoms with Crippen LogP contribution >= 0.6 is 0 Å². The van der Waals surface area contributed by atoms with Gasteiger partial charge in [-0.2, -0.15) is 5.26 Å². The molecule has 1 aliphatic rings. The predicted octanol–water partition coefficient (Wildman–Crippen LogP) is 3.05. The number of nitrogens with two attached hydrogens (primary N) is 1. The summed E-state index contributed by atoms with van der Waals surface area (Å²) >= 11 is 0. The predicted molar refractivity (Wildman–Crippen MR) is 116 cm³/mol. The maximum Gasteiger partial charge on any atom is 0.212 e. The molecule has 3 N–H and O–H groups in total. The van der Waals surface area contributed by atoms with Crippen molar-refractivity contribution in [2.75, 3.05) is 25.1 Å². The highest BCUT2D eigenvalue weighted by atomic mass is 19.1.